The average Bonchev–Trinajstić information content (AvgIpc) is 2.89. The fourth-order valence-electron chi connectivity index (χ4n) is 8.63. The molecular weight excluding hydrogens is 1090 g/mol. The number of rotatable bonds is 29. The summed E-state index contributed by atoms with van der Waals surface area (Å²) in [5.74, 6) is -1.20. The fraction of sp³-hybridized carbons (Fsp3) is 0.173. The molecule has 0 spiro atoms. The summed E-state index contributed by atoms with van der Waals surface area (Å²) in [5.41, 5.74) is 11.6. The standard InChI is InChI=1S/C30H26O6.C23H22N2O2.C22H26O2/c1-3-16-35-29(33)23-12-8-21(9-13-23)18-27(31)25-6-5-7-26(20-25)28(32)19-22-10-14-24(15-11-22)30(34)36-17-4-2;1-4-18-6-10-20(11-7-18)15-24-14-17(3)22(26)25(23(24)27)16-21-12-8-19(5-2)9-13-21;1-3-19-7-11-21(12-8-19)17-23-15-5-6-16-24-18-22-13-9-20(4-2)10-14-22/h3-15,20H,1-2,16-19H2;4-14H,1-2,15-16H2,3H3;3-4,7-14H,1-2,5-6,15-18H2. The van der Waals surface area contributed by atoms with Gasteiger partial charge in [-0.25, -0.2) is 14.4 Å². The third kappa shape index (κ3) is 21.5. The fourth-order valence-corrected chi connectivity index (χ4v) is 8.63. The zero-order valence-electron chi connectivity index (χ0n) is 49.4. The molecule has 0 saturated carbocycles. The van der Waals surface area contributed by atoms with Crippen LogP contribution in [0, 0.1) is 6.92 Å². The van der Waals surface area contributed by atoms with Gasteiger partial charge in [0.1, 0.15) is 13.2 Å². The first-order valence-electron chi connectivity index (χ1n) is 28.5. The number of carbonyl (C=O) groups excluding carboxylic acids is 4. The Morgan fingerprint density at radius 1 is 0.437 bits per heavy atom. The Balaban J connectivity index is 0.000000214. The second kappa shape index (κ2) is 35.2. The smallest absolute Gasteiger partial charge is 0.338 e. The third-order valence-corrected chi connectivity index (χ3v) is 13.6. The Hall–Kier alpha value is -10.1. The number of benzene rings is 7. The first kappa shape index (κ1) is 66.0. The topological polar surface area (TPSA) is 149 Å². The van der Waals surface area contributed by atoms with E-state index in [2.05, 4.69) is 88.0 Å². The molecule has 12 heteroatoms. The second-order valence-corrected chi connectivity index (χ2v) is 20.2. The van der Waals surface area contributed by atoms with Crippen LogP contribution in [0.15, 0.2) is 237 Å². The van der Waals surface area contributed by atoms with Crippen molar-refractivity contribution in [2.75, 3.05) is 26.4 Å². The Kier molecular flexibility index (Phi) is 26.7. The highest BCUT2D eigenvalue weighted by atomic mass is 16.5. The summed E-state index contributed by atoms with van der Waals surface area (Å²) in [6, 6.07) is 51.9. The minimum Gasteiger partial charge on any atom is -0.458 e. The second-order valence-electron chi connectivity index (χ2n) is 20.2. The summed E-state index contributed by atoms with van der Waals surface area (Å²) in [6.07, 6.45) is 14.1. The zero-order valence-corrected chi connectivity index (χ0v) is 49.4. The van der Waals surface area contributed by atoms with Crippen molar-refractivity contribution in [2.45, 2.75) is 58.9 Å². The van der Waals surface area contributed by atoms with E-state index in [-0.39, 0.29) is 55.4 Å². The molecule has 8 rings (SSSR count). The van der Waals surface area contributed by atoms with Gasteiger partial charge in [0.05, 0.1) is 37.4 Å². The van der Waals surface area contributed by atoms with Gasteiger partial charge in [-0.15, -0.1) is 0 Å². The first-order valence-corrected chi connectivity index (χ1v) is 28.5. The van der Waals surface area contributed by atoms with Gasteiger partial charge < -0.3 is 18.9 Å². The van der Waals surface area contributed by atoms with Crippen molar-refractivity contribution in [3.05, 3.63) is 332 Å². The summed E-state index contributed by atoms with van der Waals surface area (Å²) < 4.78 is 24.2. The molecule has 87 heavy (non-hydrogen) atoms. The molecule has 0 aliphatic heterocycles. The molecule has 0 aliphatic carbocycles. The van der Waals surface area contributed by atoms with E-state index >= 15 is 0 Å². The SMILES string of the molecule is C=CCOC(=O)c1ccc(CC(=O)c2cccc(C(=O)Cc3ccc(C(=O)OCC=C)cc3)c2)cc1.C=Cc1ccc(COCCCCOCc2ccc(C=C)cc2)cc1.C=Cc1ccc(Cn2cc(C)c(=O)n(Cc3ccc(C=C)cc3)c2=O)cc1. The molecule has 0 unspecified atom stereocenters. The molecule has 0 bridgehead atoms. The van der Waals surface area contributed by atoms with Crippen molar-refractivity contribution in [1.82, 2.24) is 9.13 Å². The Labute approximate surface area is 510 Å². The molecule has 1 heterocycles. The van der Waals surface area contributed by atoms with Gasteiger partial charge in [-0.1, -0.05) is 215 Å². The van der Waals surface area contributed by atoms with E-state index < -0.39 is 11.9 Å². The number of ether oxygens (including phenoxy) is 4. The van der Waals surface area contributed by atoms with Gasteiger partial charge in [-0.3, -0.25) is 23.5 Å². The molecule has 0 amide bonds. The summed E-state index contributed by atoms with van der Waals surface area (Å²) >= 11 is 0. The summed E-state index contributed by atoms with van der Waals surface area (Å²) in [6.45, 7) is 27.5. The number of hydrogen-bond donors (Lipinski definition) is 0. The third-order valence-electron chi connectivity index (χ3n) is 13.6. The lowest BCUT2D eigenvalue weighted by Gasteiger charge is -2.12. The lowest BCUT2D eigenvalue weighted by molar-refractivity contribution is 0.0540. The molecule has 0 saturated heterocycles. The number of Topliss-reactive ketones (excluding diaryl/α,β-unsaturated/α-hetero) is 2. The van der Waals surface area contributed by atoms with E-state index in [1.807, 2.05) is 60.7 Å². The number of carbonyl (C=O) groups is 4. The van der Waals surface area contributed by atoms with Gasteiger partial charge in [0.15, 0.2) is 11.6 Å². The zero-order chi connectivity index (χ0) is 62.3. The number of hydrogen-bond acceptors (Lipinski definition) is 10. The highest BCUT2D eigenvalue weighted by Crippen LogP contribution is 2.17. The molecule has 0 aliphatic rings. The van der Waals surface area contributed by atoms with E-state index in [4.69, 9.17) is 18.9 Å². The van der Waals surface area contributed by atoms with Crippen molar-refractivity contribution in [3.63, 3.8) is 0 Å². The largest absolute Gasteiger partial charge is 0.458 e. The minimum atomic E-state index is -0.457. The lowest BCUT2D eigenvalue weighted by Crippen LogP contribution is -2.41. The van der Waals surface area contributed by atoms with Crippen LogP contribution in [0.1, 0.15) is 115 Å². The van der Waals surface area contributed by atoms with Crippen molar-refractivity contribution in [3.8, 4) is 0 Å². The van der Waals surface area contributed by atoms with Gasteiger partial charge >= 0.3 is 17.6 Å². The molecule has 8 aromatic rings. The van der Waals surface area contributed by atoms with Crippen LogP contribution in [0.25, 0.3) is 24.3 Å². The molecule has 0 atom stereocenters. The predicted molar refractivity (Wildman–Crippen MR) is 349 cm³/mol. The Morgan fingerprint density at radius 2 is 0.793 bits per heavy atom. The Bertz CT molecular complexity index is 3590. The molecule has 0 fully saturated rings. The average molecular weight is 1160 g/mol. The van der Waals surface area contributed by atoms with Gasteiger partial charge in [0, 0.05) is 48.9 Å². The number of ketones is 2. The monoisotopic (exact) mass is 1160 g/mol. The minimum absolute atomic E-state index is 0.128. The molecule has 444 valence electrons. The first-order chi connectivity index (χ1) is 42.2. The van der Waals surface area contributed by atoms with Crippen molar-refractivity contribution in [1.29, 1.82) is 0 Å². The van der Waals surface area contributed by atoms with E-state index in [1.165, 1.54) is 27.8 Å². The van der Waals surface area contributed by atoms with Crippen LogP contribution in [-0.4, -0.2) is 59.1 Å². The maximum Gasteiger partial charge on any atom is 0.338 e. The highest BCUT2D eigenvalue weighted by Gasteiger charge is 2.15. The van der Waals surface area contributed by atoms with Crippen molar-refractivity contribution in [2.24, 2.45) is 0 Å². The maximum absolute atomic E-state index is 12.9. The lowest BCUT2D eigenvalue weighted by atomic mass is 9.97. The van der Waals surface area contributed by atoms with Crippen LogP contribution >= 0.6 is 0 Å². The predicted octanol–water partition coefficient (Wildman–Crippen LogP) is 14.4. The van der Waals surface area contributed by atoms with Crippen molar-refractivity contribution < 1.29 is 38.1 Å². The van der Waals surface area contributed by atoms with E-state index in [0.29, 0.717) is 47.6 Å². The van der Waals surface area contributed by atoms with E-state index in [0.717, 1.165) is 70.6 Å². The Morgan fingerprint density at radius 3 is 1.16 bits per heavy atom. The molecule has 1 aromatic heterocycles. The van der Waals surface area contributed by atoms with Gasteiger partial charge in [-0.2, -0.15) is 0 Å². The summed E-state index contributed by atoms with van der Waals surface area (Å²) in [4.78, 5) is 74.8. The maximum atomic E-state index is 12.9. The van der Waals surface area contributed by atoms with Crippen LogP contribution in [0.5, 0.6) is 0 Å². The van der Waals surface area contributed by atoms with Gasteiger partial charge in [0.2, 0.25) is 0 Å². The number of unbranched alkanes of at least 4 members (excludes halogenated alkanes) is 1. The molecule has 12 nitrogen and oxygen atoms in total. The number of esters is 2. The van der Waals surface area contributed by atoms with Crippen molar-refractivity contribution >= 4 is 47.8 Å². The quantitative estimate of drug-likeness (QED) is 0.0192. The van der Waals surface area contributed by atoms with Gasteiger partial charge in [-0.05, 0) is 106 Å². The summed E-state index contributed by atoms with van der Waals surface area (Å²) in [5, 5.41) is 0. The van der Waals surface area contributed by atoms with Crippen LogP contribution in [-0.2, 0) is 58.1 Å². The summed E-state index contributed by atoms with van der Waals surface area (Å²) in [7, 11) is 0. The molecule has 7 aromatic carbocycles. The van der Waals surface area contributed by atoms with Crippen LogP contribution in [0.3, 0.4) is 0 Å². The van der Waals surface area contributed by atoms with E-state index in [9.17, 15) is 28.8 Å². The number of aryl methyl sites for hydroxylation is 1. The van der Waals surface area contributed by atoms with Crippen LogP contribution in [0.2, 0.25) is 0 Å². The molecule has 0 radical (unpaired) electrons. The van der Waals surface area contributed by atoms with Crippen LogP contribution in [0.4, 0.5) is 0 Å². The molecule has 0 N–H and O–H groups in total. The van der Waals surface area contributed by atoms with E-state index in [1.54, 1.807) is 103 Å². The normalized spacial score (nSPS) is 10.4. The number of nitrogens with zero attached hydrogens (tertiary/aromatic N) is 2. The van der Waals surface area contributed by atoms with Gasteiger partial charge in [0.25, 0.3) is 5.56 Å². The van der Waals surface area contributed by atoms with Crippen LogP contribution < -0.4 is 11.2 Å². The number of aromatic nitrogens is 2. The molecular formula is C75H74N2O10. The highest BCUT2D eigenvalue weighted by molar-refractivity contribution is 6.03.